The molecule has 0 bridgehead atoms. The predicted octanol–water partition coefficient (Wildman–Crippen LogP) is 1.69. The van der Waals surface area contributed by atoms with Gasteiger partial charge in [-0.3, -0.25) is 4.79 Å². The van der Waals surface area contributed by atoms with Crippen molar-refractivity contribution < 1.29 is 4.79 Å². The van der Waals surface area contributed by atoms with E-state index in [-0.39, 0.29) is 23.9 Å². The number of hydrogen-bond acceptors (Lipinski definition) is 4. The molecule has 1 heterocycles. The number of nitrogens with zero attached hydrogens (tertiary/aromatic N) is 3. The number of nitrogens with two attached hydrogens (primary N) is 1. The molecular weight excluding hydrogens is 302 g/mol. The zero-order valence-electron chi connectivity index (χ0n) is 12.2. The fraction of sp³-hybridized carbons (Fsp3) is 0.400. The molecule has 3 N–H and O–H groups in total. The summed E-state index contributed by atoms with van der Waals surface area (Å²) < 4.78 is 1.60. The first-order valence-corrected chi connectivity index (χ1v) is 7.23. The smallest absolute Gasteiger partial charge is 0.273 e. The van der Waals surface area contributed by atoms with Crippen LogP contribution < -0.4 is 11.1 Å². The molecule has 1 aromatic heterocycles. The van der Waals surface area contributed by atoms with E-state index in [1.807, 2.05) is 30.3 Å². The Morgan fingerprint density at radius 2 is 1.95 bits per heavy atom. The Kier molecular flexibility index (Phi) is 5.15. The van der Waals surface area contributed by atoms with Gasteiger partial charge in [-0.05, 0) is 25.0 Å². The van der Waals surface area contributed by atoms with E-state index in [0.717, 1.165) is 31.4 Å². The summed E-state index contributed by atoms with van der Waals surface area (Å²) in [5, 5.41) is 11.0. The zero-order valence-corrected chi connectivity index (χ0v) is 13.1. The molecule has 0 radical (unpaired) electrons. The van der Waals surface area contributed by atoms with Gasteiger partial charge in [0.1, 0.15) is 0 Å². The Balaban J connectivity index is 0.00000176. The second-order valence-electron chi connectivity index (χ2n) is 5.53. The van der Waals surface area contributed by atoms with Gasteiger partial charge in [0, 0.05) is 6.54 Å². The minimum absolute atomic E-state index is 0. The molecule has 118 valence electrons. The molecule has 3 rings (SSSR count). The number of hydrogen-bond donors (Lipinski definition) is 2. The minimum Gasteiger partial charge on any atom is -0.344 e. The summed E-state index contributed by atoms with van der Waals surface area (Å²) in [7, 11) is 0. The first-order valence-electron chi connectivity index (χ1n) is 7.23. The second kappa shape index (κ2) is 6.89. The summed E-state index contributed by atoms with van der Waals surface area (Å²) in [6.07, 6.45) is 5.72. The van der Waals surface area contributed by atoms with Crippen LogP contribution in [0.3, 0.4) is 0 Å². The van der Waals surface area contributed by atoms with E-state index in [1.54, 1.807) is 10.9 Å². The van der Waals surface area contributed by atoms with Crippen LogP contribution in [0.15, 0.2) is 36.5 Å². The van der Waals surface area contributed by atoms with Gasteiger partial charge in [-0.25, -0.2) is 4.68 Å². The Hall–Kier alpha value is -1.92. The Bertz CT molecular complexity index is 622. The average molecular weight is 322 g/mol. The second-order valence-corrected chi connectivity index (χ2v) is 5.53. The SMILES string of the molecule is Cl.NCC1(NC(=O)c2cn(-c3ccccc3)nn2)CCCC1. The number of nitrogens with one attached hydrogen (secondary N) is 1. The van der Waals surface area contributed by atoms with Gasteiger partial charge in [0.15, 0.2) is 5.69 Å². The quantitative estimate of drug-likeness (QED) is 0.897. The fourth-order valence-electron chi connectivity index (χ4n) is 2.81. The summed E-state index contributed by atoms with van der Waals surface area (Å²) in [6.45, 7) is 0.464. The van der Waals surface area contributed by atoms with E-state index < -0.39 is 0 Å². The molecule has 1 aliphatic rings. The van der Waals surface area contributed by atoms with E-state index in [0.29, 0.717) is 12.2 Å². The number of rotatable bonds is 4. The van der Waals surface area contributed by atoms with Gasteiger partial charge in [-0.15, -0.1) is 17.5 Å². The topological polar surface area (TPSA) is 85.8 Å². The van der Waals surface area contributed by atoms with Crippen molar-refractivity contribution in [3.05, 3.63) is 42.2 Å². The molecular formula is C15H20ClN5O. The Morgan fingerprint density at radius 3 is 2.59 bits per heavy atom. The van der Waals surface area contributed by atoms with Gasteiger partial charge in [-0.2, -0.15) is 0 Å². The Morgan fingerprint density at radius 1 is 1.27 bits per heavy atom. The summed E-state index contributed by atoms with van der Waals surface area (Å²) >= 11 is 0. The molecule has 0 atom stereocenters. The van der Waals surface area contributed by atoms with Gasteiger partial charge in [0.25, 0.3) is 5.91 Å². The monoisotopic (exact) mass is 321 g/mol. The van der Waals surface area contributed by atoms with Gasteiger partial charge in [-0.1, -0.05) is 36.3 Å². The lowest BCUT2D eigenvalue weighted by molar-refractivity contribution is 0.0898. The van der Waals surface area contributed by atoms with E-state index >= 15 is 0 Å². The van der Waals surface area contributed by atoms with Gasteiger partial charge >= 0.3 is 0 Å². The number of aromatic nitrogens is 3. The largest absolute Gasteiger partial charge is 0.344 e. The van der Waals surface area contributed by atoms with Crippen molar-refractivity contribution in [3.63, 3.8) is 0 Å². The lowest BCUT2D eigenvalue weighted by Crippen LogP contribution is -2.51. The number of benzene rings is 1. The van der Waals surface area contributed by atoms with E-state index in [2.05, 4.69) is 15.6 Å². The minimum atomic E-state index is -0.270. The third-order valence-electron chi connectivity index (χ3n) is 4.08. The number of halogens is 1. The van der Waals surface area contributed by atoms with Crippen LogP contribution in [0.5, 0.6) is 0 Å². The number of amides is 1. The maximum atomic E-state index is 12.3. The third kappa shape index (κ3) is 3.28. The average Bonchev–Trinajstić information content (AvgIpc) is 3.18. The zero-order chi connectivity index (χ0) is 14.7. The molecule has 2 aromatic rings. The van der Waals surface area contributed by atoms with Crippen LogP contribution in [0.1, 0.15) is 36.2 Å². The van der Waals surface area contributed by atoms with Crippen LogP contribution in [0, 0.1) is 0 Å². The molecule has 1 saturated carbocycles. The summed E-state index contributed by atoms with van der Waals surface area (Å²) in [6, 6.07) is 9.58. The van der Waals surface area contributed by atoms with Crippen molar-refractivity contribution >= 4 is 18.3 Å². The standard InChI is InChI=1S/C15H19N5O.ClH/c16-11-15(8-4-5-9-15)17-14(21)13-10-20(19-18-13)12-6-2-1-3-7-12;/h1-3,6-7,10H,4-5,8-9,11,16H2,(H,17,21);1H. The predicted molar refractivity (Wildman–Crippen MR) is 86.3 cm³/mol. The normalized spacial score (nSPS) is 16.0. The number of carbonyl (C=O) groups excluding carboxylic acids is 1. The van der Waals surface area contributed by atoms with E-state index in [4.69, 9.17) is 5.73 Å². The maximum absolute atomic E-state index is 12.3. The molecule has 0 aliphatic heterocycles. The van der Waals surface area contributed by atoms with E-state index in [1.165, 1.54) is 0 Å². The molecule has 0 saturated heterocycles. The van der Waals surface area contributed by atoms with Crippen molar-refractivity contribution in [3.8, 4) is 5.69 Å². The molecule has 7 heteroatoms. The van der Waals surface area contributed by atoms with Gasteiger partial charge in [0.05, 0.1) is 17.4 Å². The highest BCUT2D eigenvalue weighted by Crippen LogP contribution is 2.28. The molecule has 0 spiro atoms. The van der Waals surface area contributed by atoms with Crippen LogP contribution in [0.4, 0.5) is 0 Å². The van der Waals surface area contributed by atoms with Crippen LogP contribution in [-0.2, 0) is 0 Å². The fourth-order valence-corrected chi connectivity index (χ4v) is 2.81. The van der Waals surface area contributed by atoms with Crippen molar-refractivity contribution in [2.45, 2.75) is 31.2 Å². The molecule has 1 aromatic carbocycles. The third-order valence-corrected chi connectivity index (χ3v) is 4.08. The number of para-hydroxylation sites is 1. The van der Waals surface area contributed by atoms with Crippen molar-refractivity contribution in [1.29, 1.82) is 0 Å². The highest BCUT2D eigenvalue weighted by Gasteiger charge is 2.34. The van der Waals surface area contributed by atoms with E-state index in [9.17, 15) is 4.79 Å². The van der Waals surface area contributed by atoms with Gasteiger partial charge in [0.2, 0.25) is 0 Å². The lowest BCUT2D eigenvalue weighted by atomic mass is 9.98. The molecule has 1 fully saturated rings. The molecule has 6 nitrogen and oxygen atoms in total. The summed E-state index contributed by atoms with van der Waals surface area (Å²) in [5.74, 6) is -0.204. The van der Waals surface area contributed by atoms with Crippen molar-refractivity contribution in [1.82, 2.24) is 20.3 Å². The molecule has 0 unspecified atom stereocenters. The van der Waals surface area contributed by atoms with Crippen LogP contribution in [-0.4, -0.2) is 33.0 Å². The van der Waals surface area contributed by atoms with Crippen molar-refractivity contribution in [2.75, 3.05) is 6.54 Å². The summed E-state index contributed by atoms with van der Waals surface area (Å²) in [4.78, 5) is 12.3. The maximum Gasteiger partial charge on any atom is 0.273 e. The van der Waals surface area contributed by atoms with Gasteiger partial charge < -0.3 is 11.1 Å². The van der Waals surface area contributed by atoms with Crippen LogP contribution >= 0.6 is 12.4 Å². The first kappa shape index (κ1) is 16.5. The number of carbonyl (C=O) groups is 1. The summed E-state index contributed by atoms with van der Waals surface area (Å²) in [5.41, 5.74) is 6.76. The van der Waals surface area contributed by atoms with Crippen LogP contribution in [0.2, 0.25) is 0 Å². The lowest BCUT2D eigenvalue weighted by Gasteiger charge is -2.28. The van der Waals surface area contributed by atoms with Crippen molar-refractivity contribution in [2.24, 2.45) is 5.73 Å². The first-order chi connectivity index (χ1) is 10.2. The molecule has 22 heavy (non-hydrogen) atoms. The Labute approximate surface area is 135 Å². The van der Waals surface area contributed by atoms with Crippen LogP contribution in [0.25, 0.3) is 5.69 Å². The molecule has 1 amide bonds. The molecule has 1 aliphatic carbocycles. The highest BCUT2D eigenvalue weighted by molar-refractivity contribution is 5.92. The highest BCUT2D eigenvalue weighted by atomic mass is 35.5.